The average Bonchev–Trinajstić information content (AvgIpc) is 2.81. The number of rotatable bonds is 6. The molecule has 2 N–H and O–H groups in total. The Morgan fingerprint density at radius 2 is 1.84 bits per heavy atom. The van der Waals surface area contributed by atoms with Crippen LogP contribution in [0.3, 0.4) is 0 Å². The fourth-order valence-corrected chi connectivity index (χ4v) is 4.95. The first kappa shape index (κ1) is 22.5. The third-order valence-corrected chi connectivity index (χ3v) is 6.74. The zero-order chi connectivity index (χ0) is 22.5. The molecule has 0 unspecified atom stereocenters. The fourth-order valence-electron chi connectivity index (χ4n) is 4.73. The molecule has 2 aromatic carbocycles. The number of aromatic nitrogens is 1. The summed E-state index contributed by atoms with van der Waals surface area (Å²) in [5.41, 5.74) is 7.38. The highest BCUT2D eigenvalue weighted by atomic mass is 35.5. The first-order valence-corrected chi connectivity index (χ1v) is 11.6. The number of oxime groups is 1. The second-order valence-corrected chi connectivity index (χ2v) is 9.12. The molecule has 1 aliphatic heterocycles. The second-order valence-electron chi connectivity index (χ2n) is 8.68. The topological polar surface area (TPSA) is 57.5 Å². The number of pyridine rings is 1. The van der Waals surface area contributed by atoms with Crippen LogP contribution >= 0.6 is 11.6 Å². The lowest BCUT2D eigenvalue weighted by molar-refractivity contribution is 0.317. The van der Waals surface area contributed by atoms with Crippen LogP contribution in [0.25, 0.3) is 0 Å². The number of benzene rings is 2. The van der Waals surface area contributed by atoms with Gasteiger partial charge in [0.1, 0.15) is 0 Å². The largest absolute Gasteiger partial charge is 0.411 e. The predicted molar refractivity (Wildman–Crippen MR) is 131 cm³/mol. The van der Waals surface area contributed by atoms with Crippen molar-refractivity contribution < 1.29 is 5.21 Å². The Bertz CT molecular complexity index is 1090. The Labute approximate surface area is 195 Å². The van der Waals surface area contributed by atoms with Crippen LogP contribution in [0, 0.1) is 13.8 Å². The number of halogens is 1. The molecule has 166 valence electrons. The monoisotopic (exact) mass is 447 g/mol. The van der Waals surface area contributed by atoms with Crippen molar-refractivity contribution in [2.45, 2.75) is 44.9 Å². The molecule has 0 spiro atoms. The van der Waals surface area contributed by atoms with Crippen LogP contribution in [0.4, 0.5) is 0 Å². The minimum atomic E-state index is 0.0497. The van der Waals surface area contributed by atoms with Crippen molar-refractivity contribution in [1.29, 1.82) is 0 Å². The summed E-state index contributed by atoms with van der Waals surface area (Å²) in [4.78, 5) is 4.27. The number of piperidine rings is 1. The molecule has 0 saturated carbocycles. The van der Waals surface area contributed by atoms with Crippen LogP contribution in [0.15, 0.2) is 65.9 Å². The minimum absolute atomic E-state index is 0.0497. The lowest BCUT2D eigenvalue weighted by Crippen LogP contribution is -2.26. The van der Waals surface area contributed by atoms with Gasteiger partial charge in [-0.2, -0.15) is 0 Å². The van der Waals surface area contributed by atoms with Gasteiger partial charge in [-0.05, 0) is 92.2 Å². The van der Waals surface area contributed by atoms with Gasteiger partial charge in [0.05, 0.1) is 5.71 Å². The van der Waals surface area contributed by atoms with Crippen molar-refractivity contribution in [3.8, 4) is 0 Å². The molecule has 0 aliphatic carbocycles. The molecule has 1 fully saturated rings. The van der Waals surface area contributed by atoms with Crippen molar-refractivity contribution in [3.63, 3.8) is 0 Å². The molecule has 0 amide bonds. The molecule has 1 saturated heterocycles. The number of hydrogen-bond donors (Lipinski definition) is 2. The molecule has 0 bridgehead atoms. The third-order valence-electron chi connectivity index (χ3n) is 6.50. The first-order valence-electron chi connectivity index (χ1n) is 11.3. The molecule has 2 heterocycles. The minimum Gasteiger partial charge on any atom is -0.411 e. The number of nitrogens with zero attached hydrogens (tertiary/aromatic N) is 2. The Morgan fingerprint density at radius 1 is 1.09 bits per heavy atom. The summed E-state index contributed by atoms with van der Waals surface area (Å²) in [7, 11) is 0. The lowest BCUT2D eigenvalue weighted by atomic mass is 9.82. The quantitative estimate of drug-likeness (QED) is 0.268. The standard InChI is InChI=1S/C27H30ClN3O/c1-18-15-24(28)7-8-25(18)26(17-27(31-32)23-11-14-30-19(2)16-23)22-5-3-20(4-6-22)21-9-12-29-13-10-21/h3-8,11,14-16,21,26,29,32H,9-10,12-13,17H2,1-2H3/b31-27+/t26-/m1/s1. The van der Waals surface area contributed by atoms with Gasteiger partial charge in [0.15, 0.2) is 0 Å². The van der Waals surface area contributed by atoms with Crippen molar-refractivity contribution in [2.75, 3.05) is 13.1 Å². The van der Waals surface area contributed by atoms with E-state index in [1.54, 1.807) is 6.20 Å². The van der Waals surface area contributed by atoms with E-state index >= 15 is 0 Å². The Balaban J connectivity index is 1.69. The van der Waals surface area contributed by atoms with E-state index in [9.17, 15) is 5.21 Å². The van der Waals surface area contributed by atoms with Crippen molar-refractivity contribution in [3.05, 3.63) is 99.3 Å². The van der Waals surface area contributed by atoms with Gasteiger partial charge in [0.25, 0.3) is 0 Å². The van der Waals surface area contributed by atoms with Crippen LogP contribution in [-0.2, 0) is 0 Å². The van der Waals surface area contributed by atoms with Gasteiger partial charge < -0.3 is 10.5 Å². The highest BCUT2D eigenvalue weighted by Gasteiger charge is 2.22. The summed E-state index contributed by atoms with van der Waals surface area (Å²) in [6, 6.07) is 18.9. The first-order chi connectivity index (χ1) is 15.5. The van der Waals surface area contributed by atoms with Crippen LogP contribution in [-0.4, -0.2) is 29.0 Å². The summed E-state index contributed by atoms with van der Waals surface area (Å²) in [6.45, 7) is 6.20. The van der Waals surface area contributed by atoms with E-state index < -0.39 is 0 Å². The van der Waals surface area contributed by atoms with Gasteiger partial charge in [0, 0.05) is 34.8 Å². The second kappa shape index (κ2) is 10.3. The molecule has 1 atom stereocenters. The van der Waals surface area contributed by atoms with Crippen molar-refractivity contribution in [2.24, 2.45) is 5.16 Å². The van der Waals surface area contributed by atoms with E-state index in [0.29, 0.717) is 18.1 Å². The summed E-state index contributed by atoms with van der Waals surface area (Å²) < 4.78 is 0. The van der Waals surface area contributed by atoms with E-state index in [-0.39, 0.29) is 5.92 Å². The Morgan fingerprint density at radius 3 is 2.50 bits per heavy atom. The van der Waals surface area contributed by atoms with E-state index in [0.717, 1.165) is 34.9 Å². The summed E-state index contributed by atoms with van der Waals surface area (Å²) >= 11 is 6.24. The summed E-state index contributed by atoms with van der Waals surface area (Å²) in [5.74, 6) is 0.670. The number of nitrogens with one attached hydrogen (secondary N) is 1. The van der Waals surface area contributed by atoms with E-state index in [2.05, 4.69) is 52.7 Å². The number of aryl methyl sites for hydroxylation is 2. The third kappa shape index (κ3) is 5.20. The molecular weight excluding hydrogens is 418 g/mol. The van der Waals surface area contributed by atoms with Gasteiger partial charge >= 0.3 is 0 Å². The van der Waals surface area contributed by atoms with Crippen LogP contribution in [0.5, 0.6) is 0 Å². The van der Waals surface area contributed by atoms with Gasteiger partial charge in [-0.15, -0.1) is 0 Å². The maximum Gasteiger partial charge on any atom is 0.0878 e. The molecule has 1 aliphatic rings. The van der Waals surface area contributed by atoms with Gasteiger partial charge in [-0.3, -0.25) is 4.98 Å². The van der Waals surface area contributed by atoms with Crippen LogP contribution < -0.4 is 5.32 Å². The zero-order valence-electron chi connectivity index (χ0n) is 18.7. The van der Waals surface area contributed by atoms with Gasteiger partial charge in [-0.25, -0.2) is 0 Å². The molecule has 32 heavy (non-hydrogen) atoms. The Kier molecular flexibility index (Phi) is 7.23. The summed E-state index contributed by atoms with van der Waals surface area (Å²) in [5, 5.41) is 17.7. The van der Waals surface area contributed by atoms with Crippen molar-refractivity contribution in [1.82, 2.24) is 10.3 Å². The summed E-state index contributed by atoms with van der Waals surface area (Å²) in [6.07, 6.45) is 4.70. The van der Waals surface area contributed by atoms with E-state index in [1.807, 2.05) is 31.2 Å². The van der Waals surface area contributed by atoms with Crippen molar-refractivity contribution >= 4 is 17.3 Å². The maximum absolute atomic E-state index is 9.88. The van der Waals surface area contributed by atoms with Crippen LogP contribution in [0.1, 0.15) is 64.6 Å². The molecule has 5 heteroatoms. The predicted octanol–water partition coefficient (Wildman–Crippen LogP) is 6.22. The SMILES string of the molecule is Cc1cc(/C(C[C@H](c2ccc(C3CCNCC3)cc2)c2ccc(Cl)cc2C)=N/O)ccn1. The fraction of sp³-hybridized carbons (Fsp3) is 0.333. The smallest absolute Gasteiger partial charge is 0.0878 e. The van der Waals surface area contributed by atoms with Gasteiger partial charge in [-0.1, -0.05) is 47.1 Å². The molecule has 3 aromatic rings. The normalized spacial score (nSPS) is 16.2. The lowest BCUT2D eigenvalue weighted by Gasteiger charge is -2.25. The molecule has 4 nitrogen and oxygen atoms in total. The zero-order valence-corrected chi connectivity index (χ0v) is 19.4. The van der Waals surface area contributed by atoms with E-state index in [4.69, 9.17) is 11.6 Å². The Hall–Kier alpha value is -2.69. The van der Waals surface area contributed by atoms with Crippen LogP contribution in [0.2, 0.25) is 5.02 Å². The average molecular weight is 448 g/mol. The van der Waals surface area contributed by atoms with E-state index in [1.165, 1.54) is 29.5 Å². The molecule has 1 aromatic heterocycles. The molecule has 0 radical (unpaired) electrons. The highest BCUT2D eigenvalue weighted by Crippen LogP contribution is 2.34. The highest BCUT2D eigenvalue weighted by molar-refractivity contribution is 6.30. The maximum atomic E-state index is 9.88. The number of hydrogen-bond acceptors (Lipinski definition) is 4. The molecular formula is C27H30ClN3O. The van der Waals surface area contributed by atoms with Gasteiger partial charge in [0.2, 0.25) is 0 Å². The molecule has 4 rings (SSSR count).